The van der Waals surface area contributed by atoms with Crippen molar-refractivity contribution < 1.29 is 27.9 Å². The van der Waals surface area contributed by atoms with Crippen LogP contribution in [0.15, 0.2) is 48.9 Å². The van der Waals surface area contributed by atoms with Crippen LogP contribution in [-0.2, 0) is 4.79 Å². The predicted octanol–water partition coefficient (Wildman–Crippen LogP) is 6.01. The van der Waals surface area contributed by atoms with Crippen molar-refractivity contribution in [2.75, 3.05) is 31.6 Å². The van der Waals surface area contributed by atoms with Gasteiger partial charge in [0, 0.05) is 38.3 Å². The van der Waals surface area contributed by atoms with Gasteiger partial charge in [-0.15, -0.1) is 0 Å². The molecule has 10 nitrogen and oxygen atoms in total. The zero-order valence-corrected chi connectivity index (χ0v) is 27.5. The molecule has 0 spiro atoms. The van der Waals surface area contributed by atoms with Crippen molar-refractivity contribution in [3.63, 3.8) is 0 Å². The van der Waals surface area contributed by atoms with Crippen LogP contribution in [0.2, 0.25) is 0 Å². The second-order valence-corrected chi connectivity index (χ2v) is 12.0. The number of phenolic OH excluding ortho intramolecular Hbond substituents is 1. The van der Waals surface area contributed by atoms with Crippen LogP contribution in [0.5, 0.6) is 5.75 Å². The Labute approximate surface area is 279 Å². The first-order valence-electron chi connectivity index (χ1n) is 15.0. The van der Waals surface area contributed by atoms with Crippen molar-refractivity contribution in [2.45, 2.75) is 39.2 Å². The summed E-state index contributed by atoms with van der Waals surface area (Å²) in [7, 11) is 1.41. The zero-order valence-electron chi connectivity index (χ0n) is 26.6. The molecule has 0 unspecified atom stereocenters. The van der Waals surface area contributed by atoms with Gasteiger partial charge in [0.05, 0.1) is 46.7 Å². The number of fused-ring (bicyclic) bond motifs is 1. The third kappa shape index (κ3) is 5.85. The Morgan fingerprint density at radius 1 is 1.21 bits per heavy atom. The van der Waals surface area contributed by atoms with E-state index >= 15 is 8.78 Å². The van der Waals surface area contributed by atoms with Gasteiger partial charge >= 0.3 is 0 Å². The average Bonchev–Trinajstić information content (AvgIpc) is 3.04. The summed E-state index contributed by atoms with van der Waals surface area (Å²) >= 11 is 6.04. The molecule has 1 saturated heterocycles. The first kappa shape index (κ1) is 34.1. The minimum Gasteiger partial charge on any atom is -0.507 e. The number of phenols is 1. The summed E-state index contributed by atoms with van der Waals surface area (Å²) in [4.78, 5) is 38.5. The number of nitrogens with one attached hydrogen (secondary N) is 1. The van der Waals surface area contributed by atoms with Crippen molar-refractivity contribution in [1.82, 2.24) is 24.8 Å². The number of nitriles is 1. The SMILES string of the molecule is C=C(F)C(=O)N1CCN(c2c(C(=O)NC)c(=S)n(-c3c(C)ccnc3C(C)C)c3nc(-c4c(O)cccc4F)c(F)cc23)C[C@@H]1CC#N. The van der Waals surface area contributed by atoms with Crippen molar-refractivity contribution in [2.24, 2.45) is 0 Å². The Balaban J connectivity index is 1.93. The molecule has 1 aliphatic rings. The van der Waals surface area contributed by atoms with E-state index in [2.05, 4.69) is 21.9 Å². The molecule has 3 aromatic heterocycles. The lowest BCUT2D eigenvalue weighted by Gasteiger charge is -2.42. The maximum absolute atomic E-state index is 16.2. The normalized spacial score (nSPS) is 14.7. The van der Waals surface area contributed by atoms with Gasteiger partial charge < -0.3 is 20.2 Å². The van der Waals surface area contributed by atoms with E-state index in [9.17, 15) is 24.3 Å². The number of amides is 2. The summed E-state index contributed by atoms with van der Waals surface area (Å²) in [5, 5.41) is 22.9. The molecular formula is C34H32F3N7O3S. The number of carbonyl (C=O) groups is 2. The molecule has 4 heterocycles. The summed E-state index contributed by atoms with van der Waals surface area (Å²) in [6, 6.07) is 7.58. The number of halogens is 3. The Hall–Kier alpha value is -5.29. The number of hydrogen-bond acceptors (Lipinski definition) is 8. The Morgan fingerprint density at radius 3 is 2.56 bits per heavy atom. The lowest BCUT2D eigenvalue weighted by atomic mass is 10.0. The van der Waals surface area contributed by atoms with Crippen molar-refractivity contribution >= 4 is 40.8 Å². The van der Waals surface area contributed by atoms with E-state index in [1.165, 1.54) is 28.6 Å². The fraction of sp³-hybridized carbons (Fsp3) is 0.294. The highest BCUT2D eigenvalue weighted by molar-refractivity contribution is 7.71. The van der Waals surface area contributed by atoms with Gasteiger partial charge in [0.15, 0.2) is 11.6 Å². The number of aromatic hydroxyl groups is 1. The van der Waals surface area contributed by atoms with Crippen LogP contribution >= 0.6 is 12.2 Å². The number of nitrogens with zero attached hydrogens (tertiary/aromatic N) is 6. The maximum atomic E-state index is 16.2. The minimum atomic E-state index is -1.18. The first-order valence-corrected chi connectivity index (χ1v) is 15.4. The summed E-state index contributed by atoms with van der Waals surface area (Å²) in [6.45, 7) is 8.69. The molecule has 1 fully saturated rings. The fourth-order valence-corrected chi connectivity index (χ4v) is 6.47. The number of pyridine rings is 3. The van der Waals surface area contributed by atoms with E-state index in [1.807, 2.05) is 26.8 Å². The quantitative estimate of drug-likeness (QED) is 0.180. The van der Waals surface area contributed by atoms with Gasteiger partial charge in [-0.05, 0) is 42.7 Å². The van der Waals surface area contributed by atoms with Crippen LogP contribution < -0.4 is 10.2 Å². The second-order valence-electron chi connectivity index (χ2n) is 11.6. The lowest BCUT2D eigenvalue weighted by molar-refractivity contribution is -0.131. The number of aryl methyl sites for hydroxylation is 1. The summed E-state index contributed by atoms with van der Waals surface area (Å²) < 4.78 is 46.8. The van der Waals surface area contributed by atoms with E-state index < -0.39 is 52.3 Å². The lowest BCUT2D eigenvalue weighted by Crippen LogP contribution is -2.55. The van der Waals surface area contributed by atoms with E-state index in [0.29, 0.717) is 16.9 Å². The number of hydrogen-bond donors (Lipinski definition) is 2. The molecule has 1 aromatic carbocycles. The van der Waals surface area contributed by atoms with Gasteiger partial charge in [-0.1, -0.05) is 38.7 Å². The molecule has 0 bridgehead atoms. The highest BCUT2D eigenvalue weighted by atomic mass is 32.1. The number of anilines is 1. The van der Waals surface area contributed by atoms with Crippen LogP contribution in [0, 0.1) is 34.5 Å². The number of piperazine rings is 1. The standard InChI is InChI=1S/C34H32F3N7O3S/c1-17(2)27-29(18(3)10-12-40-27)44-31-21(15-23(37)28(41-31)25-22(36)7-6-8-24(25)45)30(26(34(44)48)32(46)39-5)42-13-14-43(33(47)19(4)35)20(16-42)9-11-38/h6-8,10,12,15,17,20,45H,4,9,13-14,16H2,1-3,5H3,(H,39,46)/t20-/m0/s1. The Kier molecular flexibility index (Phi) is 9.54. The van der Waals surface area contributed by atoms with Gasteiger partial charge in [-0.2, -0.15) is 5.26 Å². The molecule has 0 radical (unpaired) electrons. The molecular weight excluding hydrogens is 643 g/mol. The van der Waals surface area contributed by atoms with Crippen LogP contribution in [0.25, 0.3) is 28.0 Å². The van der Waals surface area contributed by atoms with Crippen LogP contribution in [0.1, 0.15) is 47.8 Å². The van der Waals surface area contributed by atoms with Crippen LogP contribution in [0.3, 0.4) is 0 Å². The topological polar surface area (TPSA) is 127 Å². The number of aromatic nitrogens is 3. The molecule has 0 aliphatic carbocycles. The highest BCUT2D eigenvalue weighted by Crippen LogP contribution is 2.40. The number of carbonyl (C=O) groups excluding carboxylic acids is 2. The highest BCUT2D eigenvalue weighted by Gasteiger charge is 2.36. The van der Waals surface area contributed by atoms with Gasteiger partial charge in [-0.25, -0.2) is 18.2 Å². The van der Waals surface area contributed by atoms with Crippen LogP contribution in [0.4, 0.5) is 18.9 Å². The third-order valence-electron chi connectivity index (χ3n) is 8.30. The fourth-order valence-electron chi connectivity index (χ4n) is 6.10. The van der Waals surface area contributed by atoms with Crippen molar-refractivity contribution in [3.05, 3.63) is 82.0 Å². The molecule has 0 saturated carbocycles. The summed E-state index contributed by atoms with van der Waals surface area (Å²) in [5.41, 5.74) is 0.994. The zero-order chi connectivity index (χ0) is 35.0. The molecule has 1 aliphatic heterocycles. The molecule has 2 N–H and O–H groups in total. The summed E-state index contributed by atoms with van der Waals surface area (Å²) in [6.07, 6.45) is 1.46. The molecule has 1 atom stereocenters. The van der Waals surface area contributed by atoms with Gasteiger partial charge in [-0.3, -0.25) is 19.1 Å². The Morgan fingerprint density at radius 2 is 1.94 bits per heavy atom. The first-order chi connectivity index (χ1) is 22.8. The number of benzene rings is 1. The Bertz CT molecular complexity index is 2070. The second kappa shape index (κ2) is 13.4. The van der Waals surface area contributed by atoms with Crippen molar-refractivity contribution in [3.8, 4) is 28.8 Å². The molecule has 14 heteroatoms. The largest absolute Gasteiger partial charge is 0.507 e. The third-order valence-corrected chi connectivity index (χ3v) is 8.69. The molecule has 248 valence electrons. The molecule has 4 aromatic rings. The maximum Gasteiger partial charge on any atom is 0.282 e. The molecule has 2 amide bonds. The molecule has 5 rings (SSSR count). The number of rotatable bonds is 7. The van der Waals surface area contributed by atoms with Gasteiger partial charge in [0.1, 0.15) is 27.5 Å². The minimum absolute atomic E-state index is 0.0222. The van der Waals surface area contributed by atoms with Gasteiger partial charge in [0.25, 0.3) is 11.8 Å². The van der Waals surface area contributed by atoms with E-state index in [0.717, 1.165) is 12.1 Å². The van der Waals surface area contributed by atoms with Crippen molar-refractivity contribution in [1.29, 1.82) is 5.26 Å². The van der Waals surface area contributed by atoms with E-state index in [4.69, 9.17) is 12.2 Å². The summed E-state index contributed by atoms with van der Waals surface area (Å²) in [5.74, 6) is -5.35. The predicted molar refractivity (Wildman–Crippen MR) is 177 cm³/mol. The smallest absolute Gasteiger partial charge is 0.282 e. The molecule has 48 heavy (non-hydrogen) atoms. The average molecular weight is 676 g/mol. The van der Waals surface area contributed by atoms with Crippen LogP contribution in [-0.4, -0.2) is 69.1 Å². The monoisotopic (exact) mass is 675 g/mol. The van der Waals surface area contributed by atoms with E-state index in [1.54, 1.807) is 17.2 Å². The van der Waals surface area contributed by atoms with Gasteiger partial charge in [0.2, 0.25) is 0 Å². The van der Waals surface area contributed by atoms with E-state index in [-0.39, 0.29) is 58.9 Å².